The van der Waals surface area contributed by atoms with Gasteiger partial charge in [-0.15, -0.1) is 0 Å². The Bertz CT molecular complexity index is 652. The largest absolute Gasteiger partial charge is 0.490 e. The van der Waals surface area contributed by atoms with E-state index in [-0.39, 0.29) is 0 Å². The van der Waals surface area contributed by atoms with Gasteiger partial charge in [0.15, 0.2) is 0 Å². The normalized spacial score (nSPS) is 23.6. The zero-order valence-corrected chi connectivity index (χ0v) is 13.9. The van der Waals surface area contributed by atoms with E-state index in [2.05, 4.69) is 47.0 Å². The van der Waals surface area contributed by atoms with Gasteiger partial charge in [0.05, 0.1) is 12.1 Å². The second-order valence-corrected chi connectivity index (χ2v) is 6.96. The summed E-state index contributed by atoms with van der Waals surface area (Å²) in [5.74, 6) is 1.77. The van der Waals surface area contributed by atoms with Crippen LogP contribution in [0.5, 0.6) is 5.75 Å². The lowest BCUT2D eigenvalue weighted by Gasteiger charge is -2.33. The van der Waals surface area contributed by atoms with Crippen LogP contribution in [0.25, 0.3) is 10.9 Å². The van der Waals surface area contributed by atoms with Crippen LogP contribution in [0.1, 0.15) is 19.3 Å². The van der Waals surface area contributed by atoms with E-state index in [9.17, 15) is 0 Å². The zero-order valence-electron chi connectivity index (χ0n) is 13.9. The van der Waals surface area contributed by atoms with E-state index < -0.39 is 0 Å². The van der Waals surface area contributed by atoms with Crippen LogP contribution in [0.4, 0.5) is 0 Å². The number of rotatable bonds is 4. The Hall–Kier alpha value is -1.52. The first-order valence-electron chi connectivity index (χ1n) is 8.80. The Morgan fingerprint density at radius 2 is 2.04 bits per heavy atom. The number of nitrogens with zero attached hydrogens (tertiary/aromatic N) is 2. The summed E-state index contributed by atoms with van der Waals surface area (Å²) in [4.78, 5) is 2.59. The second kappa shape index (κ2) is 6.54. The van der Waals surface area contributed by atoms with Crippen LogP contribution in [0.15, 0.2) is 30.5 Å². The summed E-state index contributed by atoms with van der Waals surface area (Å²) < 4.78 is 14.0. The molecule has 0 amide bonds. The minimum atomic E-state index is 0.344. The number of hydrogen-bond donors (Lipinski definition) is 0. The highest BCUT2D eigenvalue weighted by molar-refractivity contribution is 5.86. The van der Waals surface area contributed by atoms with Crippen LogP contribution in [0.3, 0.4) is 0 Å². The van der Waals surface area contributed by atoms with E-state index in [0.29, 0.717) is 6.10 Å². The minimum Gasteiger partial charge on any atom is -0.490 e. The molecule has 0 saturated carbocycles. The summed E-state index contributed by atoms with van der Waals surface area (Å²) in [7, 11) is 2.08. The summed E-state index contributed by atoms with van der Waals surface area (Å²) in [6.45, 7) is 5.39. The molecule has 4 nitrogen and oxygen atoms in total. The van der Waals surface area contributed by atoms with Crippen LogP contribution in [0, 0.1) is 5.92 Å². The third-order valence-corrected chi connectivity index (χ3v) is 5.26. The van der Waals surface area contributed by atoms with Gasteiger partial charge in [0.25, 0.3) is 0 Å². The van der Waals surface area contributed by atoms with E-state index in [0.717, 1.165) is 50.8 Å². The maximum atomic E-state index is 6.34. The topological polar surface area (TPSA) is 26.6 Å². The summed E-state index contributed by atoms with van der Waals surface area (Å²) >= 11 is 0. The van der Waals surface area contributed by atoms with E-state index >= 15 is 0 Å². The van der Waals surface area contributed by atoms with E-state index in [1.54, 1.807) is 0 Å². The fraction of sp³-hybridized carbons (Fsp3) is 0.579. The molecule has 0 radical (unpaired) electrons. The predicted octanol–water partition coefficient (Wildman–Crippen LogP) is 3.06. The first kappa shape index (κ1) is 15.0. The lowest BCUT2D eigenvalue weighted by Crippen LogP contribution is -2.40. The first-order chi connectivity index (χ1) is 11.3. The standard InChI is InChI=1S/C19H26N2O2/c1-20-9-7-17-18(20)3-2-4-19(17)23-16-5-10-21(11-6-16)13-15-8-12-22-14-15/h2-4,7,9,15-16H,5-6,8,10-14H2,1H3. The molecule has 4 heteroatoms. The maximum Gasteiger partial charge on any atom is 0.129 e. The number of ether oxygens (including phenoxy) is 2. The molecular weight excluding hydrogens is 288 g/mol. The molecule has 2 aliphatic rings. The van der Waals surface area contributed by atoms with E-state index in [4.69, 9.17) is 9.47 Å². The van der Waals surface area contributed by atoms with E-state index in [1.807, 2.05) is 0 Å². The van der Waals surface area contributed by atoms with Gasteiger partial charge in [0.1, 0.15) is 11.9 Å². The molecule has 2 aromatic rings. The van der Waals surface area contributed by atoms with Crippen molar-refractivity contribution in [3.63, 3.8) is 0 Å². The van der Waals surface area contributed by atoms with Crippen molar-refractivity contribution >= 4 is 10.9 Å². The number of aryl methyl sites for hydroxylation is 1. The van der Waals surface area contributed by atoms with Crippen LogP contribution in [0.2, 0.25) is 0 Å². The molecule has 23 heavy (non-hydrogen) atoms. The third kappa shape index (κ3) is 3.24. The molecule has 0 aliphatic carbocycles. The lowest BCUT2D eigenvalue weighted by molar-refractivity contribution is 0.0890. The molecule has 0 bridgehead atoms. The van der Waals surface area contributed by atoms with Crippen LogP contribution < -0.4 is 4.74 Å². The molecule has 2 saturated heterocycles. The smallest absolute Gasteiger partial charge is 0.129 e. The van der Waals surface area contributed by atoms with Crippen molar-refractivity contribution in [2.45, 2.75) is 25.4 Å². The quantitative estimate of drug-likeness (QED) is 0.868. The van der Waals surface area contributed by atoms with Gasteiger partial charge in [-0.1, -0.05) is 6.07 Å². The fourth-order valence-corrected chi connectivity index (χ4v) is 3.86. The lowest BCUT2D eigenvalue weighted by atomic mass is 10.0. The summed E-state index contributed by atoms with van der Waals surface area (Å²) in [6.07, 6.45) is 5.92. The molecule has 3 heterocycles. The Kier molecular flexibility index (Phi) is 4.27. The van der Waals surface area contributed by atoms with Crippen molar-refractivity contribution in [3.05, 3.63) is 30.5 Å². The number of aromatic nitrogens is 1. The van der Waals surface area contributed by atoms with Gasteiger partial charge in [-0.2, -0.15) is 0 Å². The number of hydrogen-bond acceptors (Lipinski definition) is 3. The maximum absolute atomic E-state index is 6.34. The van der Waals surface area contributed by atoms with Crippen molar-refractivity contribution in [3.8, 4) is 5.75 Å². The van der Waals surface area contributed by atoms with Crippen molar-refractivity contribution in [2.75, 3.05) is 32.8 Å². The first-order valence-corrected chi connectivity index (χ1v) is 8.80. The van der Waals surface area contributed by atoms with Gasteiger partial charge in [-0.05, 0) is 43.4 Å². The van der Waals surface area contributed by atoms with Crippen molar-refractivity contribution in [2.24, 2.45) is 13.0 Å². The molecule has 1 unspecified atom stereocenters. The number of fused-ring (bicyclic) bond motifs is 1. The number of benzene rings is 1. The van der Waals surface area contributed by atoms with Gasteiger partial charge in [-0.3, -0.25) is 0 Å². The Labute approximate surface area is 138 Å². The average molecular weight is 314 g/mol. The molecule has 4 rings (SSSR count). The van der Waals surface area contributed by atoms with Crippen LogP contribution in [-0.4, -0.2) is 48.4 Å². The molecular formula is C19H26N2O2. The van der Waals surface area contributed by atoms with Crippen LogP contribution >= 0.6 is 0 Å². The van der Waals surface area contributed by atoms with Gasteiger partial charge in [0.2, 0.25) is 0 Å². The van der Waals surface area contributed by atoms with Gasteiger partial charge < -0.3 is 18.9 Å². The monoisotopic (exact) mass is 314 g/mol. The average Bonchev–Trinajstić information content (AvgIpc) is 3.20. The fourth-order valence-electron chi connectivity index (χ4n) is 3.86. The number of piperidine rings is 1. The van der Waals surface area contributed by atoms with Crippen molar-refractivity contribution in [1.29, 1.82) is 0 Å². The van der Waals surface area contributed by atoms with Gasteiger partial charge in [0, 0.05) is 44.9 Å². The number of likely N-dealkylation sites (tertiary alicyclic amines) is 1. The molecule has 1 aromatic heterocycles. The molecule has 1 atom stereocenters. The highest BCUT2D eigenvalue weighted by Gasteiger charge is 2.25. The van der Waals surface area contributed by atoms with Crippen LogP contribution in [-0.2, 0) is 11.8 Å². The van der Waals surface area contributed by atoms with Crippen molar-refractivity contribution < 1.29 is 9.47 Å². The zero-order chi connectivity index (χ0) is 15.6. The highest BCUT2D eigenvalue weighted by Crippen LogP contribution is 2.29. The molecule has 0 spiro atoms. The molecule has 1 aromatic carbocycles. The molecule has 2 fully saturated rings. The Morgan fingerprint density at radius 1 is 1.17 bits per heavy atom. The summed E-state index contributed by atoms with van der Waals surface area (Å²) in [5.41, 5.74) is 1.24. The Balaban J connectivity index is 1.35. The minimum absolute atomic E-state index is 0.344. The van der Waals surface area contributed by atoms with Gasteiger partial charge >= 0.3 is 0 Å². The van der Waals surface area contributed by atoms with Gasteiger partial charge in [-0.25, -0.2) is 0 Å². The van der Waals surface area contributed by atoms with E-state index in [1.165, 1.54) is 23.9 Å². The molecule has 124 valence electrons. The third-order valence-electron chi connectivity index (χ3n) is 5.26. The van der Waals surface area contributed by atoms with Crippen molar-refractivity contribution in [1.82, 2.24) is 9.47 Å². The summed E-state index contributed by atoms with van der Waals surface area (Å²) in [5, 5.41) is 1.22. The Morgan fingerprint density at radius 3 is 2.83 bits per heavy atom. The highest BCUT2D eigenvalue weighted by atomic mass is 16.5. The second-order valence-electron chi connectivity index (χ2n) is 6.96. The summed E-state index contributed by atoms with van der Waals surface area (Å²) in [6, 6.07) is 8.49. The molecule has 0 N–H and O–H groups in total. The SMILES string of the molecule is Cn1ccc2c(OC3CCN(CC4CCOC4)CC3)cccc21. The predicted molar refractivity (Wildman–Crippen MR) is 91.9 cm³/mol. The molecule has 2 aliphatic heterocycles.